The normalized spacial score (nSPS) is 24.5. The first-order valence-electron chi connectivity index (χ1n) is 13.0. The van der Waals surface area contributed by atoms with Crippen LogP contribution in [-0.2, 0) is 17.4 Å². The summed E-state index contributed by atoms with van der Waals surface area (Å²) in [6, 6.07) is -0.771. The number of halogens is 5. The van der Waals surface area contributed by atoms with E-state index >= 15 is 0 Å². The lowest BCUT2D eigenvalue weighted by atomic mass is 9.52. The van der Waals surface area contributed by atoms with Gasteiger partial charge in [0, 0.05) is 25.0 Å². The lowest BCUT2D eigenvalue weighted by molar-refractivity contribution is -0.147. The monoisotopic (exact) mass is 572 g/mol. The molecule has 38 heavy (non-hydrogen) atoms. The van der Waals surface area contributed by atoms with Crippen molar-refractivity contribution in [1.29, 1.82) is 0 Å². The number of carbonyl (C=O) groups is 2. The van der Waals surface area contributed by atoms with E-state index in [-0.39, 0.29) is 50.1 Å². The third kappa shape index (κ3) is 4.90. The van der Waals surface area contributed by atoms with Gasteiger partial charge in [0.25, 0.3) is 5.91 Å². The van der Waals surface area contributed by atoms with Crippen molar-refractivity contribution >= 4 is 35.1 Å². The number of amides is 1. The largest absolute Gasteiger partial charge is 0.481 e. The summed E-state index contributed by atoms with van der Waals surface area (Å²) < 4.78 is 44.2. The van der Waals surface area contributed by atoms with Gasteiger partial charge in [-0.2, -0.15) is 18.3 Å². The standard InChI is InChI=1S/C26H29Cl2F3N4O3/c27-19-13-32-14-20(28)17(19)7-11-34(21-6-10-25(21)8-1-9-25)23(36)18-12-33-35(22(18)26(29,30)31)16-4-2-15(3-5-16)24(37)38/h12-16,21H,1-11H2,(H,37,38)/t15-,16+,21-/m1/s1. The highest BCUT2D eigenvalue weighted by Crippen LogP contribution is 2.58. The van der Waals surface area contributed by atoms with Gasteiger partial charge in [0.05, 0.1) is 33.8 Å². The zero-order valence-electron chi connectivity index (χ0n) is 20.7. The molecule has 0 unspecified atom stereocenters. The Bertz CT molecular complexity index is 1200. The number of hydrogen-bond acceptors (Lipinski definition) is 4. The number of nitrogens with zero attached hydrogens (tertiary/aromatic N) is 4. The number of rotatable bonds is 7. The van der Waals surface area contributed by atoms with Crippen molar-refractivity contribution in [2.45, 2.75) is 82.5 Å². The van der Waals surface area contributed by atoms with E-state index in [9.17, 15) is 27.9 Å². The Labute approximate surface area is 228 Å². The lowest BCUT2D eigenvalue weighted by Crippen LogP contribution is -2.60. The number of carbonyl (C=O) groups excluding carboxylic acids is 1. The summed E-state index contributed by atoms with van der Waals surface area (Å²) in [5.41, 5.74) is -0.963. The van der Waals surface area contributed by atoms with Crippen LogP contribution >= 0.6 is 23.2 Å². The van der Waals surface area contributed by atoms with Crippen LogP contribution in [-0.4, -0.2) is 49.2 Å². The summed E-state index contributed by atoms with van der Waals surface area (Å²) in [5, 5.41) is 14.0. The fourth-order valence-corrected chi connectivity index (χ4v) is 7.04. The third-order valence-corrected chi connectivity index (χ3v) is 9.50. The molecule has 3 aliphatic rings. The topological polar surface area (TPSA) is 88.3 Å². The minimum absolute atomic E-state index is 0.0366. The Morgan fingerprint density at radius 3 is 2.21 bits per heavy atom. The summed E-state index contributed by atoms with van der Waals surface area (Å²) in [5.74, 6) is -2.21. The first-order chi connectivity index (χ1) is 18.0. The zero-order chi connectivity index (χ0) is 27.2. The maximum atomic E-state index is 14.4. The molecule has 3 fully saturated rings. The minimum Gasteiger partial charge on any atom is -0.481 e. The zero-order valence-corrected chi connectivity index (χ0v) is 22.2. The predicted molar refractivity (Wildman–Crippen MR) is 134 cm³/mol. The van der Waals surface area contributed by atoms with E-state index in [0.717, 1.165) is 43.0 Å². The summed E-state index contributed by atoms with van der Waals surface area (Å²) >= 11 is 12.6. The molecule has 0 radical (unpaired) electrons. The number of carboxylic acid groups (broad SMARTS) is 1. The Hall–Kier alpha value is -2.33. The van der Waals surface area contributed by atoms with Gasteiger partial charge < -0.3 is 10.0 Å². The van der Waals surface area contributed by atoms with E-state index < -0.39 is 41.3 Å². The van der Waals surface area contributed by atoms with Gasteiger partial charge in [-0.05, 0) is 68.8 Å². The molecule has 7 nitrogen and oxygen atoms in total. The van der Waals surface area contributed by atoms with Gasteiger partial charge in [-0.1, -0.05) is 29.6 Å². The van der Waals surface area contributed by atoms with Crippen molar-refractivity contribution in [3.8, 4) is 0 Å². The second kappa shape index (κ2) is 10.3. The maximum absolute atomic E-state index is 14.4. The molecule has 1 spiro atoms. The Kier molecular flexibility index (Phi) is 7.41. The van der Waals surface area contributed by atoms with Gasteiger partial charge in [0.1, 0.15) is 0 Å². The number of alkyl halides is 3. The van der Waals surface area contributed by atoms with Gasteiger partial charge in [0.15, 0.2) is 5.69 Å². The molecule has 0 aromatic carbocycles. The van der Waals surface area contributed by atoms with E-state index in [1.54, 1.807) is 4.90 Å². The SMILES string of the molecule is O=C(c1cnn([C@H]2CC[C@@H](C(=O)O)CC2)c1C(F)(F)F)N(CCc1c(Cl)cncc1Cl)[C@@H]1CCC12CCC2. The molecule has 206 valence electrons. The average molecular weight is 573 g/mol. The molecule has 1 amide bonds. The number of pyridine rings is 1. The van der Waals surface area contributed by atoms with E-state index in [1.807, 2.05) is 0 Å². The molecule has 1 atom stereocenters. The van der Waals surface area contributed by atoms with Crippen molar-refractivity contribution in [3.05, 3.63) is 45.5 Å². The summed E-state index contributed by atoms with van der Waals surface area (Å²) in [7, 11) is 0. The highest BCUT2D eigenvalue weighted by atomic mass is 35.5. The smallest absolute Gasteiger partial charge is 0.433 e. The van der Waals surface area contributed by atoms with Crippen LogP contribution in [0.3, 0.4) is 0 Å². The fourth-order valence-electron chi connectivity index (χ4n) is 6.49. The van der Waals surface area contributed by atoms with E-state index in [4.69, 9.17) is 23.2 Å². The number of hydrogen-bond donors (Lipinski definition) is 1. The van der Waals surface area contributed by atoms with Crippen LogP contribution in [0.4, 0.5) is 13.2 Å². The number of aliphatic carboxylic acids is 1. The van der Waals surface area contributed by atoms with E-state index in [1.165, 1.54) is 12.4 Å². The van der Waals surface area contributed by atoms with Gasteiger partial charge in [-0.25, -0.2) is 0 Å². The van der Waals surface area contributed by atoms with Crippen molar-refractivity contribution in [2.24, 2.45) is 11.3 Å². The molecule has 2 heterocycles. The third-order valence-electron chi connectivity index (χ3n) is 8.85. The Morgan fingerprint density at radius 2 is 1.71 bits per heavy atom. The molecule has 0 bridgehead atoms. The Balaban J connectivity index is 1.45. The van der Waals surface area contributed by atoms with Crippen LogP contribution in [0.1, 0.15) is 85.4 Å². The molecule has 2 aromatic rings. The quantitative estimate of drug-likeness (QED) is 0.412. The number of aromatic nitrogens is 3. The summed E-state index contributed by atoms with van der Waals surface area (Å²) in [6.45, 7) is 0.168. The molecular weight excluding hydrogens is 544 g/mol. The van der Waals surface area contributed by atoms with Crippen molar-refractivity contribution in [3.63, 3.8) is 0 Å². The molecule has 2 aromatic heterocycles. The van der Waals surface area contributed by atoms with Crippen molar-refractivity contribution in [2.75, 3.05) is 6.54 Å². The maximum Gasteiger partial charge on any atom is 0.433 e. The first-order valence-corrected chi connectivity index (χ1v) is 13.7. The minimum atomic E-state index is -4.80. The highest BCUT2D eigenvalue weighted by Gasteiger charge is 2.54. The Morgan fingerprint density at radius 1 is 1.05 bits per heavy atom. The molecule has 1 N–H and O–H groups in total. The van der Waals surface area contributed by atoms with E-state index in [0.29, 0.717) is 15.6 Å². The van der Waals surface area contributed by atoms with Crippen molar-refractivity contribution < 1.29 is 27.9 Å². The molecule has 12 heteroatoms. The average Bonchev–Trinajstić information content (AvgIpc) is 3.27. The first kappa shape index (κ1) is 27.2. The molecule has 5 rings (SSSR count). The molecule has 3 saturated carbocycles. The van der Waals surface area contributed by atoms with Crippen LogP contribution in [0.5, 0.6) is 0 Å². The number of carboxylic acids is 1. The fraction of sp³-hybridized carbons (Fsp3) is 0.615. The molecule has 0 aliphatic heterocycles. The van der Waals surface area contributed by atoms with E-state index in [2.05, 4.69) is 10.1 Å². The summed E-state index contributed by atoms with van der Waals surface area (Å²) in [4.78, 5) is 30.8. The van der Waals surface area contributed by atoms with Gasteiger partial charge in [-0.3, -0.25) is 19.3 Å². The van der Waals surface area contributed by atoms with Crippen LogP contribution in [0, 0.1) is 11.3 Å². The van der Waals surface area contributed by atoms with Gasteiger partial charge in [-0.15, -0.1) is 0 Å². The van der Waals surface area contributed by atoms with Gasteiger partial charge >= 0.3 is 12.1 Å². The predicted octanol–water partition coefficient (Wildman–Crippen LogP) is 6.44. The second-order valence-electron chi connectivity index (χ2n) is 10.8. The van der Waals surface area contributed by atoms with Crippen LogP contribution in [0.25, 0.3) is 0 Å². The van der Waals surface area contributed by atoms with Crippen LogP contribution in [0.15, 0.2) is 18.6 Å². The summed E-state index contributed by atoms with van der Waals surface area (Å²) in [6.07, 6.45) is 5.11. The van der Waals surface area contributed by atoms with Gasteiger partial charge in [0.2, 0.25) is 0 Å². The second-order valence-corrected chi connectivity index (χ2v) is 11.6. The lowest BCUT2D eigenvalue weighted by Gasteiger charge is -2.59. The molecule has 0 saturated heterocycles. The highest BCUT2D eigenvalue weighted by molar-refractivity contribution is 6.35. The molecule has 3 aliphatic carbocycles. The molecular formula is C26H29Cl2F3N4O3. The van der Waals surface area contributed by atoms with Crippen LogP contribution in [0.2, 0.25) is 10.0 Å². The van der Waals surface area contributed by atoms with Crippen LogP contribution < -0.4 is 0 Å². The van der Waals surface area contributed by atoms with Crippen molar-refractivity contribution in [1.82, 2.24) is 19.7 Å².